The first kappa shape index (κ1) is 22.7. The summed E-state index contributed by atoms with van der Waals surface area (Å²) in [5.41, 5.74) is 2.74. The van der Waals surface area contributed by atoms with E-state index >= 15 is 0 Å². The maximum absolute atomic E-state index is 13.0. The Labute approximate surface area is 188 Å². The zero-order valence-electron chi connectivity index (χ0n) is 17.7. The van der Waals surface area contributed by atoms with E-state index in [-0.39, 0.29) is 5.91 Å². The molecule has 0 radical (unpaired) electrons. The molecule has 5 heteroatoms. The fraction of sp³-hybridized carbons (Fsp3) is 0.148. The Bertz CT molecular complexity index is 1030. The molecule has 2 N–H and O–H groups in total. The van der Waals surface area contributed by atoms with Crippen LogP contribution < -0.4 is 10.6 Å². The molecule has 0 aliphatic rings. The number of amides is 2. The second-order valence-electron chi connectivity index (χ2n) is 7.44. The molecule has 3 aromatic rings. The van der Waals surface area contributed by atoms with Gasteiger partial charge >= 0.3 is 0 Å². The van der Waals surface area contributed by atoms with Crippen LogP contribution >= 0.6 is 0 Å². The molecule has 3 rings (SSSR count). The summed E-state index contributed by atoms with van der Waals surface area (Å²) in [5, 5.41) is 5.54. The van der Waals surface area contributed by atoms with Crippen LogP contribution in [0.15, 0.2) is 97.1 Å². The van der Waals surface area contributed by atoms with Gasteiger partial charge in [0.25, 0.3) is 0 Å². The molecular weight excluding hydrogens is 400 g/mol. The molecule has 0 aliphatic heterocycles. The molecule has 2 amide bonds. The lowest BCUT2D eigenvalue weighted by Crippen LogP contribution is -2.51. The molecule has 0 aliphatic carbocycles. The molecular formula is C27H26N2O3. The highest BCUT2D eigenvalue weighted by molar-refractivity contribution is 5.96. The van der Waals surface area contributed by atoms with E-state index in [4.69, 9.17) is 0 Å². The number of carbonyl (C=O) groups is 3. The van der Waals surface area contributed by atoms with Gasteiger partial charge in [-0.05, 0) is 29.2 Å². The van der Waals surface area contributed by atoms with Crippen molar-refractivity contribution in [2.75, 3.05) is 0 Å². The van der Waals surface area contributed by atoms with Crippen molar-refractivity contribution in [3.8, 4) is 0 Å². The van der Waals surface area contributed by atoms with Gasteiger partial charge in [0, 0.05) is 12.5 Å². The van der Waals surface area contributed by atoms with Crippen molar-refractivity contribution in [2.24, 2.45) is 0 Å². The predicted molar refractivity (Wildman–Crippen MR) is 126 cm³/mol. The fourth-order valence-corrected chi connectivity index (χ4v) is 3.30. The van der Waals surface area contributed by atoms with Crippen molar-refractivity contribution < 1.29 is 14.4 Å². The van der Waals surface area contributed by atoms with Crippen LogP contribution in [0, 0.1) is 0 Å². The van der Waals surface area contributed by atoms with Gasteiger partial charge < -0.3 is 15.4 Å². The third-order valence-corrected chi connectivity index (χ3v) is 4.93. The molecule has 0 saturated heterocycles. The molecule has 0 aromatic heterocycles. The summed E-state index contributed by atoms with van der Waals surface area (Å²) in [6, 6.07) is 26.9. The van der Waals surface area contributed by atoms with Gasteiger partial charge in [-0.15, -0.1) is 0 Å². The number of rotatable bonds is 10. The van der Waals surface area contributed by atoms with Crippen LogP contribution in [0.5, 0.6) is 0 Å². The summed E-state index contributed by atoms with van der Waals surface area (Å²) in [6.45, 7) is 0. The third-order valence-electron chi connectivity index (χ3n) is 4.93. The number of benzene rings is 3. The molecule has 0 heterocycles. The normalized spacial score (nSPS) is 12.6. The fourth-order valence-electron chi connectivity index (χ4n) is 3.30. The second kappa shape index (κ2) is 12.0. The molecule has 32 heavy (non-hydrogen) atoms. The maximum Gasteiger partial charge on any atom is 0.244 e. The smallest absolute Gasteiger partial charge is 0.244 e. The number of aldehydes is 1. The maximum atomic E-state index is 13.0. The molecule has 162 valence electrons. The minimum absolute atomic E-state index is 0.314. The molecule has 2 atom stereocenters. The molecule has 0 saturated carbocycles. The van der Waals surface area contributed by atoms with Gasteiger partial charge in [0.05, 0.1) is 6.04 Å². The number of hydrogen-bond acceptors (Lipinski definition) is 3. The van der Waals surface area contributed by atoms with Gasteiger partial charge in [0.1, 0.15) is 12.3 Å². The van der Waals surface area contributed by atoms with Gasteiger partial charge in [-0.2, -0.15) is 0 Å². The van der Waals surface area contributed by atoms with Crippen LogP contribution in [0.1, 0.15) is 16.7 Å². The molecule has 3 aromatic carbocycles. The predicted octanol–water partition coefficient (Wildman–Crippen LogP) is 3.35. The summed E-state index contributed by atoms with van der Waals surface area (Å²) in [4.78, 5) is 37.1. The second-order valence-corrected chi connectivity index (χ2v) is 7.44. The van der Waals surface area contributed by atoms with E-state index in [1.807, 2.05) is 91.0 Å². The lowest BCUT2D eigenvalue weighted by molar-refractivity contribution is -0.128. The van der Waals surface area contributed by atoms with E-state index in [0.29, 0.717) is 12.8 Å². The highest BCUT2D eigenvalue weighted by Gasteiger charge is 2.23. The van der Waals surface area contributed by atoms with Gasteiger partial charge in [0.2, 0.25) is 11.8 Å². The molecule has 0 spiro atoms. The average molecular weight is 427 g/mol. The Morgan fingerprint density at radius 3 is 1.81 bits per heavy atom. The summed E-state index contributed by atoms with van der Waals surface area (Å²) in [5.74, 6) is -0.779. The quantitative estimate of drug-likeness (QED) is 0.386. The van der Waals surface area contributed by atoms with Crippen molar-refractivity contribution in [1.29, 1.82) is 0 Å². The highest BCUT2D eigenvalue weighted by atomic mass is 16.2. The van der Waals surface area contributed by atoms with E-state index in [9.17, 15) is 14.4 Å². The molecule has 0 bridgehead atoms. The van der Waals surface area contributed by atoms with Crippen molar-refractivity contribution in [3.63, 3.8) is 0 Å². The van der Waals surface area contributed by atoms with Crippen LogP contribution in [-0.2, 0) is 27.2 Å². The van der Waals surface area contributed by atoms with Crippen molar-refractivity contribution >= 4 is 24.2 Å². The number of carbonyl (C=O) groups excluding carboxylic acids is 3. The van der Waals surface area contributed by atoms with Crippen LogP contribution in [-0.4, -0.2) is 30.2 Å². The number of nitrogens with one attached hydrogen (secondary N) is 2. The van der Waals surface area contributed by atoms with Crippen LogP contribution in [0.3, 0.4) is 0 Å². The first-order valence-electron chi connectivity index (χ1n) is 10.5. The lowest BCUT2D eigenvalue weighted by atomic mass is 10.0. The highest BCUT2D eigenvalue weighted by Crippen LogP contribution is 2.07. The van der Waals surface area contributed by atoms with Gasteiger partial charge in [-0.25, -0.2) is 0 Å². The zero-order chi connectivity index (χ0) is 22.6. The molecule has 0 unspecified atom stereocenters. The average Bonchev–Trinajstić information content (AvgIpc) is 2.84. The lowest BCUT2D eigenvalue weighted by Gasteiger charge is -2.20. The van der Waals surface area contributed by atoms with Gasteiger partial charge in [-0.1, -0.05) is 91.0 Å². The van der Waals surface area contributed by atoms with Gasteiger partial charge in [0.15, 0.2) is 0 Å². The summed E-state index contributed by atoms with van der Waals surface area (Å²) < 4.78 is 0. The Morgan fingerprint density at radius 2 is 1.25 bits per heavy atom. The Morgan fingerprint density at radius 1 is 0.719 bits per heavy atom. The van der Waals surface area contributed by atoms with Crippen molar-refractivity contribution in [3.05, 3.63) is 114 Å². The van der Waals surface area contributed by atoms with Crippen LogP contribution in [0.4, 0.5) is 0 Å². The third kappa shape index (κ3) is 7.36. The van der Waals surface area contributed by atoms with E-state index in [1.165, 1.54) is 6.08 Å². The summed E-state index contributed by atoms with van der Waals surface area (Å²) in [6.07, 6.45) is 4.52. The standard InChI is InChI=1S/C27H26N2O3/c30-20-24(18-22-12-6-2-7-13-22)28-27(32)25(19-23-14-8-3-9-15-23)29-26(31)17-16-21-10-4-1-5-11-21/h1-17,20,24-25H,18-19H2,(H,28,32)(H,29,31)/b17-16+/t24-,25-/m0/s1. The summed E-state index contributed by atoms with van der Waals surface area (Å²) >= 11 is 0. The van der Waals surface area contributed by atoms with E-state index in [2.05, 4.69) is 10.6 Å². The Balaban J connectivity index is 1.69. The SMILES string of the molecule is O=C[C@H](Cc1ccccc1)NC(=O)[C@H](Cc1ccccc1)NC(=O)/C=C/c1ccccc1. The zero-order valence-corrected chi connectivity index (χ0v) is 17.7. The molecule has 0 fully saturated rings. The van der Waals surface area contributed by atoms with Crippen LogP contribution in [0.25, 0.3) is 6.08 Å². The largest absolute Gasteiger partial charge is 0.344 e. The van der Waals surface area contributed by atoms with E-state index in [0.717, 1.165) is 23.0 Å². The topological polar surface area (TPSA) is 75.3 Å². The van der Waals surface area contributed by atoms with Crippen molar-refractivity contribution in [1.82, 2.24) is 10.6 Å². The van der Waals surface area contributed by atoms with E-state index < -0.39 is 18.0 Å². The summed E-state index contributed by atoms with van der Waals surface area (Å²) in [7, 11) is 0. The van der Waals surface area contributed by atoms with Crippen LogP contribution in [0.2, 0.25) is 0 Å². The monoisotopic (exact) mass is 426 g/mol. The van der Waals surface area contributed by atoms with Gasteiger partial charge in [-0.3, -0.25) is 9.59 Å². The van der Waals surface area contributed by atoms with Crippen molar-refractivity contribution in [2.45, 2.75) is 24.9 Å². The minimum Gasteiger partial charge on any atom is -0.344 e. The first-order valence-corrected chi connectivity index (χ1v) is 10.5. The van der Waals surface area contributed by atoms with E-state index in [1.54, 1.807) is 6.08 Å². The Kier molecular flexibility index (Phi) is 8.51. The minimum atomic E-state index is -0.816. The Hall–Kier alpha value is -3.99. The first-order chi connectivity index (χ1) is 15.6. The number of hydrogen-bond donors (Lipinski definition) is 2. The molecule has 5 nitrogen and oxygen atoms in total.